The van der Waals surface area contributed by atoms with E-state index in [0.717, 1.165) is 29.1 Å². The standard InChI is InChI=1S/C24H23N7/c1-2-4-18(5-3-1)15-27-23-28-16-20(22(31-23)14-17-6-7-17)21-10-13-26-24(30-21)29-19-8-11-25-12-9-19/h1-5,8-13,16-17H,6-7,14-15H2,(H,27,28,31)(H,25,26,29,30). The van der Waals surface area contributed by atoms with Crippen molar-refractivity contribution >= 4 is 17.6 Å². The lowest BCUT2D eigenvalue weighted by Crippen LogP contribution is -2.07. The summed E-state index contributed by atoms with van der Waals surface area (Å²) in [4.78, 5) is 22.5. The molecule has 4 aromatic rings. The molecule has 0 unspecified atom stereocenters. The van der Waals surface area contributed by atoms with Crippen LogP contribution in [0.25, 0.3) is 11.3 Å². The van der Waals surface area contributed by atoms with Crippen molar-refractivity contribution < 1.29 is 0 Å². The van der Waals surface area contributed by atoms with Crippen LogP contribution in [0.15, 0.2) is 73.3 Å². The highest BCUT2D eigenvalue weighted by atomic mass is 15.1. The fourth-order valence-corrected chi connectivity index (χ4v) is 3.38. The van der Waals surface area contributed by atoms with E-state index in [2.05, 4.69) is 37.7 Å². The number of rotatable bonds is 8. The van der Waals surface area contributed by atoms with Crippen molar-refractivity contribution in [2.24, 2.45) is 5.92 Å². The molecule has 154 valence electrons. The van der Waals surface area contributed by atoms with Gasteiger partial charge in [0.1, 0.15) is 0 Å². The van der Waals surface area contributed by atoms with Crippen molar-refractivity contribution in [2.45, 2.75) is 25.8 Å². The fraction of sp³-hybridized carbons (Fsp3) is 0.208. The summed E-state index contributed by atoms with van der Waals surface area (Å²) >= 11 is 0. The second-order valence-corrected chi connectivity index (χ2v) is 7.67. The molecule has 0 radical (unpaired) electrons. The number of pyridine rings is 1. The first kappa shape index (κ1) is 19.1. The zero-order chi connectivity index (χ0) is 20.9. The first-order valence-corrected chi connectivity index (χ1v) is 10.5. The second kappa shape index (κ2) is 8.87. The van der Waals surface area contributed by atoms with Crippen LogP contribution in [0.3, 0.4) is 0 Å². The van der Waals surface area contributed by atoms with E-state index in [1.54, 1.807) is 18.6 Å². The minimum Gasteiger partial charge on any atom is -0.350 e. The minimum atomic E-state index is 0.535. The van der Waals surface area contributed by atoms with Gasteiger partial charge in [0.25, 0.3) is 0 Å². The Balaban J connectivity index is 1.39. The Morgan fingerprint density at radius 1 is 0.839 bits per heavy atom. The minimum absolute atomic E-state index is 0.535. The molecular formula is C24H23N7. The molecule has 3 aromatic heterocycles. The highest BCUT2D eigenvalue weighted by Gasteiger charge is 2.24. The van der Waals surface area contributed by atoms with Crippen molar-refractivity contribution in [1.29, 1.82) is 0 Å². The number of nitrogens with zero attached hydrogens (tertiary/aromatic N) is 5. The Labute approximate surface area is 181 Å². The molecule has 7 heteroatoms. The molecule has 0 spiro atoms. The van der Waals surface area contributed by atoms with Crippen LogP contribution in [0, 0.1) is 5.92 Å². The average Bonchev–Trinajstić information content (AvgIpc) is 3.63. The fourth-order valence-electron chi connectivity index (χ4n) is 3.38. The van der Waals surface area contributed by atoms with E-state index in [0.29, 0.717) is 24.4 Å². The zero-order valence-corrected chi connectivity index (χ0v) is 17.1. The van der Waals surface area contributed by atoms with E-state index in [9.17, 15) is 0 Å². The molecule has 0 saturated heterocycles. The van der Waals surface area contributed by atoms with E-state index >= 15 is 0 Å². The Morgan fingerprint density at radius 2 is 1.68 bits per heavy atom. The maximum Gasteiger partial charge on any atom is 0.227 e. The van der Waals surface area contributed by atoms with Crippen LogP contribution in [-0.4, -0.2) is 24.9 Å². The lowest BCUT2D eigenvalue weighted by atomic mass is 10.1. The summed E-state index contributed by atoms with van der Waals surface area (Å²) in [5, 5.41) is 6.57. The summed E-state index contributed by atoms with van der Waals surface area (Å²) in [6.07, 6.45) is 10.5. The van der Waals surface area contributed by atoms with Crippen molar-refractivity contribution in [3.8, 4) is 11.3 Å². The first-order valence-electron chi connectivity index (χ1n) is 10.5. The van der Waals surface area contributed by atoms with Gasteiger partial charge in [0.05, 0.1) is 11.4 Å². The Kier molecular flexibility index (Phi) is 5.47. The molecule has 0 atom stereocenters. The van der Waals surface area contributed by atoms with Gasteiger partial charge >= 0.3 is 0 Å². The van der Waals surface area contributed by atoms with E-state index in [1.165, 1.54) is 18.4 Å². The third-order valence-corrected chi connectivity index (χ3v) is 5.21. The van der Waals surface area contributed by atoms with Crippen molar-refractivity contribution in [3.63, 3.8) is 0 Å². The molecule has 0 aliphatic heterocycles. The normalized spacial score (nSPS) is 13.0. The summed E-state index contributed by atoms with van der Waals surface area (Å²) < 4.78 is 0. The van der Waals surface area contributed by atoms with E-state index < -0.39 is 0 Å². The highest BCUT2D eigenvalue weighted by Crippen LogP contribution is 2.35. The first-order chi connectivity index (χ1) is 15.3. The average molecular weight is 409 g/mol. The van der Waals surface area contributed by atoms with Crippen molar-refractivity contribution in [1.82, 2.24) is 24.9 Å². The number of hydrogen-bond acceptors (Lipinski definition) is 7. The molecular weight excluding hydrogens is 386 g/mol. The summed E-state index contributed by atoms with van der Waals surface area (Å²) in [5.41, 5.74) is 4.89. The molecule has 1 saturated carbocycles. The van der Waals surface area contributed by atoms with Gasteiger partial charge < -0.3 is 10.6 Å². The number of benzene rings is 1. The molecule has 3 heterocycles. The number of aromatic nitrogens is 5. The third kappa shape index (κ3) is 5.01. The van der Waals surface area contributed by atoms with Crippen LogP contribution in [0.4, 0.5) is 17.6 Å². The smallest absolute Gasteiger partial charge is 0.227 e. The summed E-state index contributed by atoms with van der Waals surface area (Å²) in [6.45, 7) is 0.691. The SMILES string of the molecule is c1ccc(CNc2ncc(-c3ccnc(Nc4ccncc4)n3)c(CC3CC3)n2)cc1. The molecule has 2 N–H and O–H groups in total. The Hall–Kier alpha value is -3.87. The molecule has 1 aromatic carbocycles. The summed E-state index contributed by atoms with van der Waals surface area (Å²) in [7, 11) is 0. The summed E-state index contributed by atoms with van der Waals surface area (Å²) in [5.74, 6) is 1.88. The quantitative estimate of drug-likeness (QED) is 0.438. The topological polar surface area (TPSA) is 88.5 Å². The second-order valence-electron chi connectivity index (χ2n) is 7.67. The molecule has 1 aliphatic carbocycles. The van der Waals surface area contributed by atoms with Crippen LogP contribution in [0.1, 0.15) is 24.1 Å². The predicted molar refractivity (Wildman–Crippen MR) is 121 cm³/mol. The molecule has 1 aliphatic rings. The number of hydrogen-bond donors (Lipinski definition) is 2. The van der Waals surface area contributed by atoms with Gasteiger partial charge in [-0.25, -0.2) is 19.9 Å². The Morgan fingerprint density at radius 3 is 2.48 bits per heavy atom. The van der Waals surface area contributed by atoms with Gasteiger partial charge in [0.15, 0.2) is 0 Å². The van der Waals surface area contributed by atoms with Gasteiger partial charge in [0, 0.05) is 42.6 Å². The maximum absolute atomic E-state index is 4.85. The molecule has 31 heavy (non-hydrogen) atoms. The number of nitrogens with one attached hydrogen (secondary N) is 2. The maximum atomic E-state index is 4.85. The zero-order valence-electron chi connectivity index (χ0n) is 17.1. The summed E-state index contributed by atoms with van der Waals surface area (Å²) in [6, 6.07) is 15.9. The van der Waals surface area contributed by atoms with Gasteiger partial charge in [-0.1, -0.05) is 30.3 Å². The van der Waals surface area contributed by atoms with Gasteiger partial charge in [-0.2, -0.15) is 0 Å². The van der Waals surface area contributed by atoms with Gasteiger partial charge in [-0.3, -0.25) is 4.98 Å². The van der Waals surface area contributed by atoms with Crippen LogP contribution < -0.4 is 10.6 Å². The monoisotopic (exact) mass is 409 g/mol. The molecule has 0 amide bonds. The lowest BCUT2D eigenvalue weighted by molar-refractivity contribution is 0.800. The third-order valence-electron chi connectivity index (χ3n) is 5.21. The lowest BCUT2D eigenvalue weighted by Gasteiger charge is -2.12. The Bertz CT molecular complexity index is 1140. The van der Waals surface area contributed by atoms with E-state index in [1.807, 2.05) is 42.6 Å². The van der Waals surface area contributed by atoms with Crippen molar-refractivity contribution in [3.05, 3.63) is 84.6 Å². The van der Waals surface area contributed by atoms with E-state index in [-0.39, 0.29) is 0 Å². The highest BCUT2D eigenvalue weighted by molar-refractivity contribution is 5.64. The number of anilines is 3. The van der Waals surface area contributed by atoms with Crippen LogP contribution in [0.5, 0.6) is 0 Å². The van der Waals surface area contributed by atoms with Crippen molar-refractivity contribution in [2.75, 3.05) is 10.6 Å². The van der Waals surface area contributed by atoms with Crippen LogP contribution in [0.2, 0.25) is 0 Å². The molecule has 5 rings (SSSR count). The predicted octanol–water partition coefficient (Wildman–Crippen LogP) is 4.64. The van der Waals surface area contributed by atoms with E-state index in [4.69, 9.17) is 9.97 Å². The van der Waals surface area contributed by atoms with Crippen LogP contribution >= 0.6 is 0 Å². The largest absolute Gasteiger partial charge is 0.350 e. The van der Waals surface area contributed by atoms with Gasteiger partial charge in [0.2, 0.25) is 11.9 Å². The molecule has 0 bridgehead atoms. The van der Waals surface area contributed by atoms with Gasteiger partial charge in [-0.05, 0) is 48.9 Å². The molecule has 1 fully saturated rings. The van der Waals surface area contributed by atoms with Gasteiger partial charge in [-0.15, -0.1) is 0 Å². The molecule has 7 nitrogen and oxygen atoms in total. The van der Waals surface area contributed by atoms with Crippen LogP contribution in [-0.2, 0) is 13.0 Å².